The molecular weight excluding hydrogens is 290 g/mol. The van der Waals surface area contributed by atoms with Crippen LogP contribution in [0.15, 0.2) is 36.7 Å². The topological polar surface area (TPSA) is 30.0 Å². The van der Waals surface area contributed by atoms with Crippen molar-refractivity contribution < 1.29 is 4.79 Å². The predicted octanol–water partition coefficient (Wildman–Crippen LogP) is 3.91. The number of alkyl halides is 1. The second-order valence-electron chi connectivity index (χ2n) is 4.40. The highest BCUT2D eigenvalue weighted by molar-refractivity contribution is 9.10. The Labute approximate surface area is 116 Å². The number of carbonyl (C=O) groups excluding carboxylic acids is 1. The van der Waals surface area contributed by atoms with E-state index in [1.54, 1.807) is 6.20 Å². The molecule has 2 rings (SSSR count). The Morgan fingerprint density at radius 3 is 3.00 bits per heavy atom. The highest BCUT2D eigenvalue weighted by Gasteiger charge is 2.15. The van der Waals surface area contributed by atoms with E-state index in [9.17, 15) is 4.79 Å². The number of pyridine rings is 1. The Morgan fingerprint density at radius 2 is 2.22 bits per heavy atom. The third-order valence-electron chi connectivity index (χ3n) is 3.02. The average molecular weight is 306 g/mol. The summed E-state index contributed by atoms with van der Waals surface area (Å²) in [5, 5.41) is 2.30. The molecule has 0 saturated heterocycles. The van der Waals surface area contributed by atoms with Gasteiger partial charge >= 0.3 is 0 Å². The maximum absolute atomic E-state index is 11.8. The lowest BCUT2D eigenvalue weighted by Crippen LogP contribution is -2.16. The molecule has 18 heavy (non-hydrogen) atoms. The zero-order valence-electron chi connectivity index (χ0n) is 10.4. The van der Waals surface area contributed by atoms with Crippen LogP contribution in [0.4, 0.5) is 0 Å². The Morgan fingerprint density at radius 1 is 1.39 bits per heavy atom. The first-order valence-corrected chi connectivity index (χ1v) is 7.12. The third-order valence-corrected chi connectivity index (χ3v) is 3.85. The van der Waals surface area contributed by atoms with Gasteiger partial charge < -0.3 is 0 Å². The van der Waals surface area contributed by atoms with Crippen LogP contribution in [-0.2, 0) is 11.2 Å². The summed E-state index contributed by atoms with van der Waals surface area (Å²) in [4.78, 5) is 15.9. The smallest absolute Gasteiger partial charge is 0.146 e. The summed E-state index contributed by atoms with van der Waals surface area (Å²) >= 11 is 3.50. The molecule has 0 aliphatic carbocycles. The van der Waals surface area contributed by atoms with Crippen molar-refractivity contribution in [1.82, 2.24) is 4.98 Å². The van der Waals surface area contributed by atoms with Crippen molar-refractivity contribution in [3.63, 3.8) is 0 Å². The van der Waals surface area contributed by atoms with Gasteiger partial charge in [0.05, 0.1) is 4.83 Å². The van der Waals surface area contributed by atoms with Crippen molar-refractivity contribution in [2.45, 2.75) is 31.0 Å². The number of fused-ring (bicyclic) bond motifs is 1. The lowest BCUT2D eigenvalue weighted by atomic mass is 10.0. The number of halogens is 1. The number of nitrogens with zero attached hydrogens (tertiary/aromatic N) is 1. The molecule has 3 heteroatoms. The quantitative estimate of drug-likeness (QED) is 0.784. The number of aromatic nitrogens is 1. The van der Waals surface area contributed by atoms with Crippen LogP contribution >= 0.6 is 15.9 Å². The molecule has 1 heterocycles. The summed E-state index contributed by atoms with van der Waals surface area (Å²) in [5.74, 6) is 0.276. The lowest BCUT2D eigenvalue weighted by Gasteiger charge is -2.10. The van der Waals surface area contributed by atoms with E-state index in [2.05, 4.69) is 33.0 Å². The summed E-state index contributed by atoms with van der Waals surface area (Å²) in [6, 6.07) is 8.16. The summed E-state index contributed by atoms with van der Waals surface area (Å²) < 4.78 is 0. The van der Waals surface area contributed by atoms with E-state index in [-0.39, 0.29) is 10.6 Å². The standard InChI is InChI=1S/C15H16BrNO/c1-2-4-15(18)14(16)9-12-6-3-5-11-7-8-17-10-13(11)12/h3,5-8,10,14H,2,4,9H2,1H3. The largest absolute Gasteiger partial charge is 0.298 e. The van der Waals surface area contributed by atoms with E-state index in [1.165, 1.54) is 10.9 Å². The van der Waals surface area contributed by atoms with Crippen LogP contribution in [0.1, 0.15) is 25.3 Å². The third kappa shape index (κ3) is 2.96. The SMILES string of the molecule is CCCC(=O)C(Br)Cc1cccc2ccncc12. The summed E-state index contributed by atoms with van der Waals surface area (Å²) in [7, 11) is 0. The van der Waals surface area contributed by atoms with Gasteiger partial charge in [-0.3, -0.25) is 9.78 Å². The van der Waals surface area contributed by atoms with Gasteiger partial charge in [0.25, 0.3) is 0 Å². The Balaban J connectivity index is 2.24. The molecule has 94 valence electrons. The van der Waals surface area contributed by atoms with E-state index in [0.29, 0.717) is 6.42 Å². The molecule has 1 aromatic carbocycles. The number of hydrogen-bond donors (Lipinski definition) is 0. The maximum Gasteiger partial charge on any atom is 0.146 e. The van der Waals surface area contributed by atoms with Crippen molar-refractivity contribution in [1.29, 1.82) is 0 Å². The highest BCUT2D eigenvalue weighted by atomic mass is 79.9. The van der Waals surface area contributed by atoms with Crippen molar-refractivity contribution >= 4 is 32.5 Å². The van der Waals surface area contributed by atoms with Crippen LogP contribution in [-0.4, -0.2) is 15.6 Å². The zero-order chi connectivity index (χ0) is 13.0. The van der Waals surface area contributed by atoms with Crippen molar-refractivity contribution in [2.24, 2.45) is 0 Å². The molecule has 0 bridgehead atoms. The van der Waals surface area contributed by atoms with Crippen LogP contribution < -0.4 is 0 Å². The van der Waals surface area contributed by atoms with Crippen molar-refractivity contribution in [2.75, 3.05) is 0 Å². The first kappa shape index (κ1) is 13.2. The molecule has 0 saturated carbocycles. The molecular formula is C15H16BrNO. The van der Waals surface area contributed by atoms with E-state index < -0.39 is 0 Å². The Bertz CT molecular complexity index is 548. The second-order valence-corrected chi connectivity index (χ2v) is 5.51. The summed E-state index contributed by atoms with van der Waals surface area (Å²) in [6.45, 7) is 2.03. The number of hydrogen-bond acceptors (Lipinski definition) is 2. The number of carbonyl (C=O) groups is 1. The molecule has 2 nitrogen and oxygen atoms in total. The second kappa shape index (κ2) is 6.10. The molecule has 1 aromatic heterocycles. The fraction of sp³-hybridized carbons (Fsp3) is 0.333. The molecule has 0 N–H and O–H groups in total. The molecule has 0 aliphatic heterocycles. The molecule has 0 amide bonds. The lowest BCUT2D eigenvalue weighted by molar-refractivity contribution is -0.118. The number of Topliss-reactive ketones (excluding diaryl/α,β-unsaturated/α-hetero) is 1. The average Bonchev–Trinajstić information content (AvgIpc) is 2.39. The highest BCUT2D eigenvalue weighted by Crippen LogP contribution is 2.21. The number of rotatable bonds is 5. The van der Waals surface area contributed by atoms with Crippen molar-refractivity contribution in [3.8, 4) is 0 Å². The van der Waals surface area contributed by atoms with Gasteiger partial charge in [0.2, 0.25) is 0 Å². The fourth-order valence-corrected chi connectivity index (χ4v) is 2.64. The first-order chi connectivity index (χ1) is 8.72. The maximum atomic E-state index is 11.8. The van der Waals surface area contributed by atoms with Gasteiger partial charge in [-0.05, 0) is 29.9 Å². The van der Waals surface area contributed by atoms with Crippen LogP contribution in [0.5, 0.6) is 0 Å². The molecule has 1 unspecified atom stereocenters. The fourth-order valence-electron chi connectivity index (χ4n) is 2.06. The molecule has 0 aliphatic rings. The Hall–Kier alpha value is -1.22. The van der Waals surface area contributed by atoms with E-state index in [1.807, 2.05) is 25.3 Å². The van der Waals surface area contributed by atoms with Gasteiger partial charge in [0.1, 0.15) is 5.78 Å². The van der Waals surface area contributed by atoms with Crippen LogP contribution in [0.3, 0.4) is 0 Å². The van der Waals surface area contributed by atoms with Crippen LogP contribution in [0.25, 0.3) is 10.8 Å². The number of benzene rings is 1. The Kier molecular flexibility index (Phi) is 4.48. The normalized spacial score (nSPS) is 12.6. The van der Waals surface area contributed by atoms with E-state index in [0.717, 1.165) is 18.2 Å². The van der Waals surface area contributed by atoms with Gasteiger partial charge in [0.15, 0.2) is 0 Å². The minimum atomic E-state index is -0.0942. The van der Waals surface area contributed by atoms with Crippen LogP contribution in [0.2, 0.25) is 0 Å². The molecule has 0 fully saturated rings. The number of ketones is 1. The summed E-state index contributed by atoms with van der Waals surface area (Å²) in [6.07, 6.45) is 5.92. The van der Waals surface area contributed by atoms with Crippen molar-refractivity contribution in [3.05, 3.63) is 42.2 Å². The van der Waals surface area contributed by atoms with Crippen LogP contribution in [0, 0.1) is 0 Å². The summed E-state index contributed by atoms with van der Waals surface area (Å²) in [5.41, 5.74) is 1.17. The van der Waals surface area contributed by atoms with Gasteiger partial charge in [0, 0.05) is 24.2 Å². The van der Waals surface area contributed by atoms with E-state index in [4.69, 9.17) is 0 Å². The van der Waals surface area contributed by atoms with Gasteiger partial charge in [-0.1, -0.05) is 41.1 Å². The predicted molar refractivity (Wildman–Crippen MR) is 78.1 cm³/mol. The first-order valence-electron chi connectivity index (χ1n) is 6.20. The molecule has 0 spiro atoms. The zero-order valence-corrected chi connectivity index (χ0v) is 12.0. The minimum Gasteiger partial charge on any atom is -0.298 e. The van der Waals surface area contributed by atoms with Gasteiger partial charge in [-0.25, -0.2) is 0 Å². The van der Waals surface area contributed by atoms with E-state index >= 15 is 0 Å². The molecule has 1 atom stereocenters. The minimum absolute atomic E-state index is 0.0942. The van der Waals surface area contributed by atoms with Gasteiger partial charge in [-0.2, -0.15) is 0 Å². The van der Waals surface area contributed by atoms with Gasteiger partial charge in [-0.15, -0.1) is 0 Å². The molecule has 0 radical (unpaired) electrons. The monoisotopic (exact) mass is 305 g/mol. The molecule has 2 aromatic rings.